The van der Waals surface area contributed by atoms with Crippen molar-refractivity contribution in [2.75, 3.05) is 25.3 Å². The third-order valence-corrected chi connectivity index (χ3v) is 6.33. The predicted octanol–water partition coefficient (Wildman–Crippen LogP) is 3.82. The molecule has 0 bridgehead atoms. The van der Waals surface area contributed by atoms with Crippen LogP contribution in [-0.4, -0.2) is 37.8 Å². The second-order valence-corrected chi connectivity index (χ2v) is 8.46. The fraction of sp³-hybridized carbons (Fsp3) is 0.250. The minimum Gasteiger partial charge on any atom is -0.497 e. The number of allylic oxidation sites excluding steroid dienone is 1. The molecule has 0 aromatic heterocycles. The molecule has 2 aromatic rings. The van der Waals surface area contributed by atoms with Gasteiger partial charge in [-0.05, 0) is 29.8 Å². The number of anilines is 1. The smallest absolute Gasteiger partial charge is 0.418 e. The summed E-state index contributed by atoms with van der Waals surface area (Å²) in [5.74, 6) is -4.66. The fourth-order valence-corrected chi connectivity index (χ4v) is 4.50. The van der Waals surface area contributed by atoms with Crippen molar-refractivity contribution < 1.29 is 37.0 Å². The summed E-state index contributed by atoms with van der Waals surface area (Å²) >= 11 is 0.757. The molecule has 0 fully saturated rings. The summed E-state index contributed by atoms with van der Waals surface area (Å²) in [5.41, 5.74) is -0.964. The van der Waals surface area contributed by atoms with Gasteiger partial charge in [-0.3, -0.25) is 14.4 Å². The summed E-state index contributed by atoms with van der Waals surface area (Å²) < 4.78 is 49.5. The van der Waals surface area contributed by atoms with Gasteiger partial charge in [0.05, 0.1) is 47.9 Å². The number of para-hydroxylation sites is 1. The lowest BCUT2D eigenvalue weighted by Gasteiger charge is -2.31. The number of carbonyl (C=O) groups excluding carboxylic acids is 3. The molecule has 0 saturated carbocycles. The molecule has 1 aliphatic heterocycles. The first kappa shape index (κ1) is 26.6. The molecule has 36 heavy (non-hydrogen) atoms. The van der Waals surface area contributed by atoms with Gasteiger partial charge in [0.2, 0.25) is 11.8 Å². The number of nitrogens with zero attached hydrogens (tertiary/aromatic N) is 1. The van der Waals surface area contributed by atoms with Crippen LogP contribution in [0.15, 0.2) is 59.1 Å². The lowest BCUT2D eigenvalue weighted by Crippen LogP contribution is -2.44. The monoisotopic (exact) mass is 519 g/mol. The summed E-state index contributed by atoms with van der Waals surface area (Å²) in [4.78, 5) is 37.7. The van der Waals surface area contributed by atoms with Crippen LogP contribution in [0.25, 0.3) is 0 Å². The Kier molecular flexibility index (Phi) is 8.26. The summed E-state index contributed by atoms with van der Waals surface area (Å²) in [6.45, 7) is 0. The van der Waals surface area contributed by atoms with Gasteiger partial charge in [0.1, 0.15) is 11.7 Å². The number of thioether (sulfide) groups is 1. The number of nitriles is 1. The normalized spacial score (nSPS) is 17.6. The van der Waals surface area contributed by atoms with Crippen LogP contribution in [0.3, 0.4) is 0 Å². The number of nitrogens with one attached hydrogen (secondary N) is 2. The van der Waals surface area contributed by atoms with Crippen LogP contribution >= 0.6 is 11.8 Å². The SMILES string of the molecule is COC(=O)[C@@H]1C(=O)NC(SCC(=O)Nc2ccccc2C(F)(F)F)=C(C#N)[C@@H]1c1ccc(OC)cc1. The quantitative estimate of drug-likeness (QED) is 0.422. The van der Waals surface area contributed by atoms with Crippen molar-refractivity contribution in [1.29, 1.82) is 5.26 Å². The van der Waals surface area contributed by atoms with Gasteiger partial charge >= 0.3 is 12.1 Å². The highest BCUT2D eigenvalue weighted by molar-refractivity contribution is 8.03. The number of methoxy groups -OCH3 is 2. The molecular formula is C24H20F3N3O5S. The van der Waals surface area contributed by atoms with Gasteiger partial charge in [-0.1, -0.05) is 36.0 Å². The number of carbonyl (C=O) groups is 3. The molecule has 0 radical (unpaired) electrons. The van der Waals surface area contributed by atoms with Gasteiger partial charge in [-0.25, -0.2) is 0 Å². The van der Waals surface area contributed by atoms with E-state index in [-0.39, 0.29) is 10.6 Å². The van der Waals surface area contributed by atoms with E-state index in [1.165, 1.54) is 19.2 Å². The third-order valence-electron chi connectivity index (χ3n) is 5.31. The molecule has 2 aromatic carbocycles. The Morgan fingerprint density at radius 2 is 1.81 bits per heavy atom. The van der Waals surface area contributed by atoms with Gasteiger partial charge in [0.25, 0.3) is 0 Å². The van der Waals surface area contributed by atoms with Crippen LogP contribution in [0.1, 0.15) is 17.0 Å². The second kappa shape index (κ2) is 11.2. The standard InChI is InChI=1S/C24H20F3N3O5S/c1-34-14-9-7-13(8-10-14)19-15(11-28)22(30-21(32)20(19)23(33)35-2)36-12-18(31)29-17-6-4-3-5-16(17)24(25,26)27/h3-10,19-20H,12H2,1-2H3,(H,29,31)(H,30,32)/t19-,20-/m0/s1. The molecule has 3 rings (SSSR count). The first-order valence-electron chi connectivity index (χ1n) is 10.4. The lowest BCUT2D eigenvalue weighted by atomic mass is 9.78. The highest BCUT2D eigenvalue weighted by Crippen LogP contribution is 2.41. The molecule has 2 atom stereocenters. The van der Waals surface area contributed by atoms with E-state index in [4.69, 9.17) is 9.47 Å². The number of rotatable bonds is 7. The minimum atomic E-state index is -4.67. The molecular weight excluding hydrogens is 499 g/mol. The van der Waals surface area contributed by atoms with Crippen LogP contribution in [0.5, 0.6) is 5.75 Å². The highest BCUT2D eigenvalue weighted by atomic mass is 32.2. The Morgan fingerprint density at radius 3 is 2.39 bits per heavy atom. The van der Waals surface area contributed by atoms with Crippen molar-refractivity contribution in [2.45, 2.75) is 12.1 Å². The van der Waals surface area contributed by atoms with Crippen LogP contribution in [0, 0.1) is 17.2 Å². The maximum absolute atomic E-state index is 13.2. The van der Waals surface area contributed by atoms with Crippen LogP contribution < -0.4 is 15.4 Å². The number of hydrogen-bond donors (Lipinski definition) is 2. The number of amides is 2. The van der Waals surface area contributed by atoms with Gasteiger partial charge in [0.15, 0.2) is 0 Å². The third kappa shape index (κ3) is 5.80. The molecule has 0 unspecified atom stereocenters. The van der Waals surface area contributed by atoms with Gasteiger partial charge in [-0.15, -0.1) is 0 Å². The van der Waals surface area contributed by atoms with Gasteiger partial charge < -0.3 is 20.1 Å². The maximum atomic E-state index is 13.2. The van der Waals surface area contributed by atoms with Gasteiger partial charge in [0, 0.05) is 5.92 Å². The van der Waals surface area contributed by atoms with Crippen molar-refractivity contribution in [2.24, 2.45) is 5.92 Å². The molecule has 0 spiro atoms. The summed E-state index contributed by atoms with van der Waals surface area (Å²) in [6, 6.07) is 12.9. The number of hydrogen-bond acceptors (Lipinski definition) is 7. The molecule has 0 saturated heterocycles. The molecule has 2 N–H and O–H groups in total. The van der Waals surface area contributed by atoms with Gasteiger partial charge in [-0.2, -0.15) is 18.4 Å². The topological polar surface area (TPSA) is 118 Å². The number of ether oxygens (including phenoxy) is 2. The van der Waals surface area contributed by atoms with Crippen LogP contribution in [0.2, 0.25) is 0 Å². The first-order chi connectivity index (χ1) is 17.1. The minimum absolute atomic E-state index is 0.00339. The molecule has 12 heteroatoms. The molecule has 1 aliphatic rings. The Balaban J connectivity index is 1.89. The number of benzene rings is 2. The van der Waals surface area contributed by atoms with E-state index >= 15 is 0 Å². The number of halogens is 3. The van der Waals surface area contributed by atoms with E-state index in [2.05, 4.69) is 10.6 Å². The zero-order chi connectivity index (χ0) is 26.5. The van der Waals surface area contributed by atoms with Crippen molar-refractivity contribution >= 4 is 35.2 Å². The van der Waals surface area contributed by atoms with E-state index in [1.54, 1.807) is 24.3 Å². The Morgan fingerprint density at radius 1 is 1.14 bits per heavy atom. The first-order valence-corrected chi connectivity index (χ1v) is 11.3. The zero-order valence-electron chi connectivity index (χ0n) is 19.0. The molecule has 1 heterocycles. The van der Waals surface area contributed by atoms with Crippen molar-refractivity contribution in [3.63, 3.8) is 0 Å². The maximum Gasteiger partial charge on any atom is 0.418 e. The lowest BCUT2D eigenvalue weighted by molar-refractivity contribution is -0.150. The van der Waals surface area contributed by atoms with E-state index < -0.39 is 52.8 Å². The number of alkyl halides is 3. The van der Waals surface area contributed by atoms with E-state index in [0.717, 1.165) is 31.0 Å². The van der Waals surface area contributed by atoms with Crippen LogP contribution in [-0.2, 0) is 25.3 Å². The zero-order valence-corrected chi connectivity index (χ0v) is 19.8. The molecule has 2 amide bonds. The van der Waals surface area contributed by atoms with Crippen molar-refractivity contribution in [3.05, 3.63) is 70.3 Å². The Labute approximate surface area is 208 Å². The van der Waals surface area contributed by atoms with E-state index in [9.17, 15) is 32.8 Å². The number of esters is 1. The largest absolute Gasteiger partial charge is 0.497 e. The van der Waals surface area contributed by atoms with Crippen LogP contribution in [0.4, 0.5) is 18.9 Å². The molecule has 0 aliphatic carbocycles. The van der Waals surface area contributed by atoms with Crippen molar-refractivity contribution in [3.8, 4) is 11.8 Å². The van der Waals surface area contributed by atoms with E-state index in [0.29, 0.717) is 11.3 Å². The van der Waals surface area contributed by atoms with E-state index in [1.807, 2.05) is 6.07 Å². The summed E-state index contributed by atoms with van der Waals surface area (Å²) in [6.07, 6.45) is -4.67. The fourth-order valence-electron chi connectivity index (χ4n) is 3.65. The Bertz CT molecular complexity index is 1240. The summed E-state index contributed by atoms with van der Waals surface area (Å²) in [7, 11) is 2.58. The highest BCUT2D eigenvalue weighted by Gasteiger charge is 2.44. The van der Waals surface area contributed by atoms with Crippen molar-refractivity contribution in [1.82, 2.24) is 5.32 Å². The Hall–Kier alpha value is -3.98. The molecule has 8 nitrogen and oxygen atoms in total. The average molecular weight is 520 g/mol. The second-order valence-electron chi connectivity index (χ2n) is 7.48. The summed E-state index contributed by atoms with van der Waals surface area (Å²) in [5, 5.41) is 14.6. The predicted molar refractivity (Wildman–Crippen MR) is 125 cm³/mol. The average Bonchev–Trinajstić information content (AvgIpc) is 2.86. The molecule has 188 valence electrons.